The monoisotopic (exact) mass is 728 g/mol. The Balaban J connectivity index is 1.17. The van der Waals surface area contributed by atoms with E-state index < -0.39 is 0 Å². The van der Waals surface area contributed by atoms with E-state index in [-0.39, 0.29) is 5.41 Å². The van der Waals surface area contributed by atoms with Crippen molar-refractivity contribution in [1.82, 2.24) is 19.5 Å². The van der Waals surface area contributed by atoms with Crippen molar-refractivity contribution in [2.45, 2.75) is 38.8 Å². The minimum Gasteiger partial charge on any atom is -0.308 e. The number of hydrogen-bond acceptors (Lipinski definition) is 5. The topological polar surface area (TPSA) is 43.6 Å². The van der Waals surface area contributed by atoms with Gasteiger partial charge in [-0.3, -0.25) is 0 Å². The third-order valence-corrected chi connectivity index (χ3v) is 13.5. The fraction of sp³-hybridized carbons (Fsp3) is 0.0625. The van der Waals surface area contributed by atoms with Crippen LogP contribution in [0.2, 0.25) is 0 Å². The predicted octanol–water partition coefficient (Wildman–Crippen LogP) is 12.9. The first kappa shape index (κ1) is 31.6. The van der Waals surface area contributed by atoms with Crippen molar-refractivity contribution < 1.29 is 0 Å². The Morgan fingerprint density at radius 3 is 1.80 bits per heavy atom. The van der Waals surface area contributed by atoms with Gasteiger partial charge in [-0.25, -0.2) is 15.0 Å². The summed E-state index contributed by atoms with van der Waals surface area (Å²) in [5, 5.41) is 2.52. The second kappa shape index (κ2) is 12.0. The standard InChI is InChI=1S/C48H32N4S2/c1-48(2)37-21-10-9-20-33(37)35-28-39-36(27-38(35)48)34-24-25-42-44(54-41-23-12-11-22-40(41)53-42)43(34)52(39)32-19-13-18-31(26-32)47-50-45(29-14-5-3-6-15-29)49-46(51-47)30-16-7-4-8-17-30/h3-28H,1-2H3. The minimum absolute atomic E-state index is 0.0994. The Morgan fingerprint density at radius 2 is 1.07 bits per heavy atom. The molecule has 0 radical (unpaired) electrons. The number of benzene rings is 7. The minimum atomic E-state index is -0.0994. The molecule has 0 atom stereocenters. The maximum absolute atomic E-state index is 5.09. The largest absolute Gasteiger partial charge is 0.308 e. The molecule has 1 aliphatic heterocycles. The molecule has 0 saturated carbocycles. The van der Waals surface area contributed by atoms with E-state index in [4.69, 9.17) is 15.0 Å². The summed E-state index contributed by atoms with van der Waals surface area (Å²) in [7, 11) is 0. The van der Waals surface area contributed by atoms with Gasteiger partial charge in [0.25, 0.3) is 0 Å². The van der Waals surface area contributed by atoms with Crippen molar-refractivity contribution in [3.63, 3.8) is 0 Å². The third-order valence-electron chi connectivity index (χ3n) is 10.9. The van der Waals surface area contributed by atoms with Crippen LogP contribution in [-0.2, 0) is 5.41 Å². The SMILES string of the molecule is CC1(C)c2ccccc2-c2cc3c(cc21)c1ccc2c(c1n3-c1cccc(-c3nc(-c4ccccc4)nc(-c4ccccc4)n3)c1)Sc1ccccc1S2. The van der Waals surface area contributed by atoms with E-state index in [2.05, 4.69) is 140 Å². The summed E-state index contributed by atoms with van der Waals surface area (Å²) < 4.78 is 2.49. The van der Waals surface area contributed by atoms with Gasteiger partial charge in [0.15, 0.2) is 17.5 Å². The van der Waals surface area contributed by atoms with Crippen LogP contribution in [0.5, 0.6) is 0 Å². The third kappa shape index (κ3) is 4.83. The zero-order chi connectivity index (χ0) is 36.0. The fourth-order valence-electron chi connectivity index (χ4n) is 8.27. The van der Waals surface area contributed by atoms with Crippen molar-refractivity contribution in [2.75, 3.05) is 0 Å². The lowest BCUT2D eigenvalue weighted by Gasteiger charge is -2.21. The molecule has 0 amide bonds. The smallest absolute Gasteiger partial charge is 0.164 e. The number of rotatable bonds is 4. The number of fused-ring (bicyclic) bond motifs is 9. The lowest BCUT2D eigenvalue weighted by atomic mass is 9.82. The number of hydrogen-bond donors (Lipinski definition) is 0. The maximum Gasteiger partial charge on any atom is 0.164 e. The highest BCUT2D eigenvalue weighted by Crippen LogP contribution is 2.55. The molecule has 0 bridgehead atoms. The molecule has 2 aromatic heterocycles. The van der Waals surface area contributed by atoms with Crippen molar-refractivity contribution in [3.05, 3.63) is 169 Å². The van der Waals surface area contributed by atoms with Crippen LogP contribution in [-0.4, -0.2) is 19.5 Å². The molecule has 0 spiro atoms. The Hall–Kier alpha value is -5.95. The molecule has 9 aromatic rings. The molecule has 0 saturated heterocycles. The summed E-state index contributed by atoms with van der Waals surface area (Å²) in [6.07, 6.45) is 0. The average Bonchev–Trinajstić information content (AvgIpc) is 3.68. The maximum atomic E-state index is 5.09. The van der Waals surface area contributed by atoms with Gasteiger partial charge in [-0.2, -0.15) is 0 Å². The van der Waals surface area contributed by atoms with Crippen LogP contribution < -0.4 is 0 Å². The zero-order valence-corrected chi connectivity index (χ0v) is 31.2. The first-order valence-corrected chi connectivity index (χ1v) is 19.8. The van der Waals surface area contributed by atoms with E-state index in [9.17, 15) is 0 Å². The summed E-state index contributed by atoms with van der Waals surface area (Å²) in [6, 6.07) is 56.3. The van der Waals surface area contributed by atoms with E-state index in [1.807, 2.05) is 59.9 Å². The van der Waals surface area contributed by atoms with Crippen LogP contribution in [0.4, 0.5) is 0 Å². The van der Waals surface area contributed by atoms with Gasteiger partial charge in [0.05, 0.1) is 15.9 Å². The van der Waals surface area contributed by atoms with E-state index in [0.29, 0.717) is 17.5 Å². The summed E-state index contributed by atoms with van der Waals surface area (Å²) in [4.78, 5) is 20.3. The molecule has 2 aliphatic rings. The van der Waals surface area contributed by atoms with Gasteiger partial charge in [0.2, 0.25) is 0 Å². The van der Waals surface area contributed by atoms with E-state index in [0.717, 1.165) is 22.4 Å². The predicted molar refractivity (Wildman–Crippen MR) is 223 cm³/mol. The van der Waals surface area contributed by atoms with Gasteiger partial charge in [-0.15, -0.1) is 0 Å². The molecule has 11 rings (SSSR count). The highest BCUT2D eigenvalue weighted by atomic mass is 32.2. The van der Waals surface area contributed by atoms with Crippen LogP contribution in [0.15, 0.2) is 177 Å². The highest BCUT2D eigenvalue weighted by molar-refractivity contribution is 8.05. The van der Waals surface area contributed by atoms with Gasteiger partial charge in [0.1, 0.15) is 0 Å². The lowest BCUT2D eigenvalue weighted by molar-refractivity contribution is 0.661. The van der Waals surface area contributed by atoms with Gasteiger partial charge in [-0.05, 0) is 64.7 Å². The summed E-state index contributed by atoms with van der Waals surface area (Å²) in [5.74, 6) is 1.95. The molecule has 6 heteroatoms. The fourth-order valence-corrected chi connectivity index (χ4v) is 10.6. The van der Waals surface area contributed by atoms with Gasteiger partial charge in [-0.1, -0.05) is 153 Å². The lowest BCUT2D eigenvalue weighted by Crippen LogP contribution is -2.14. The van der Waals surface area contributed by atoms with E-state index >= 15 is 0 Å². The molecular weight excluding hydrogens is 697 g/mol. The summed E-state index contributed by atoms with van der Waals surface area (Å²) >= 11 is 3.74. The second-order valence-electron chi connectivity index (χ2n) is 14.4. The van der Waals surface area contributed by atoms with Crippen molar-refractivity contribution in [3.8, 4) is 51.0 Å². The van der Waals surface area contributed by atoms with Crippen molar-refractivity contribution in [1.29, 1.82) is 0 Å². The highest BCUT2D eigenvalue weighted by Gasteiger charge is 2.36. The van der Waals surface area contributed by atoms with Crippen LogP contribution in [0.3, 0.4) is 0 Å². The number of aromatic nitrogens is 4. The quantitative estimate of drug-likeness (QED) is 0.180. The van der Waals surface area contributed by atoms with Gasteiger partial charge >= 0.3 is 0 Å². The molecule has 54 heavy (non-hydrogen) atoms. The van der Waals surface area contributed by atoms with Crippen LogP contribution in [0.25, 0.3) is 72.8 Å². The molecule has 1 aliphatic carbocycles. The number of nitrogens with zero attached hydrogens (tertiary/aromatic N) is 4. The Morgan fingerprint density at radius 1 is 0.463 bits per heavy atom. The molecule has 3 heterocycles. The first-order valence-electron chi connectivity index (χ1n) is 18.2. The molecule has 0 N–H and O–H groups in total. The average molecular weight is 729 g/mol. The van der Waals surface area contributed by atoms with Crippen LogP contribution >= 0.6 is 23.5 Å². The summed E-state index contributed by atoms with van der Waals surface area (Å²) in [5.41, 5.74) is 11.6. The van der Waals surface area contributed by atoms with Crippen molar-refractivity contribution >= 4 is 45.3 Å². The van der Waals surface area contributed by atoms with Crippen molar-refractivity contribution in [2.24, 2.45) is 0 Å². The Labute approximate surface area is 322 Å². The van der Waals surface area contributed by atoms with Gasteiger partial charge < -0.3 is 4.57 Å². The van der Waals surface area contributed by atoms with E-state index in [1.54, 1.807) is 0 Å². The first-order chi connectivity index (χ1) is 26.5. The molecular formula is C48H32N4S2. The molecule has 0 fully saturated rings. The normalized spacial score (nSPS) is 13.7. The second-order valence-corrected chi connectivity index (χ2v) is 16.6. The zero-order valence-electron chi connectivity index (χ0n) is 29.6. The summed E-state index contributed by atoms with van der Waals surface area (Å²) in [6.45, 7) is 4.72. The molecule has 256 valence electrons. The van der Waals surface area contributed by atoms with E-state index in [1.165, 1.54) is 63.6 Å². The Kier molecular flexibility index (Phi) is 7.04. The van der Waals surface area contributed by atoms with Crippen LogP contribution in [0.1, 0.15) is 25.0 Å². The Bertz CT molecular complexity index is 2910. The molecule has 0 unspecified atom stereocenters. The van der Waals surface area contributed by atoms with Crippen LogP contribution in [0, 0.1) is 0 Å². The van der Waals surface area contributed by atoms with Gasteiger partial charge in [0, 0.05) is 53.3 Å². The molecule has 7 aromatic carbocycles. The molecule has 4 nitrogen and oxygen atoms in total.